The summed E-state index contributed by atoms with van der Waals surface area (Å²) in [5.74, 6) is -0.342. The molecule has 6 heteroatoms. The number of likely N-dealkylation sites (tertiary alicyclic amines) is 1. The fourth-order valence-corrected chi connectivity index (χ4v) is 4.18. The van der Waals surface area contributed by atoms with Crippen LogP contribution < -0.4 is 0 Å². The van der Waals surface area contributed by atoms with Gasteiger partial charge in [-0.25, -0.2) is 0 Å². The van der Waals surface area contributed by atoms with E-state index in [0.717, 1.165) is 50.8 Å². The highest BCUT2D eigenvalue weighted by molar-refractivity contribution is 6.36. The van der Waals surface area contributed by atoms with Gasteiger partial charge in [0, 0.05) is 24.7 Å². The van der Waals surface area contributed by atoms with Crippen LogP contribution in [0.2, 0.25) is 5.02 Å². The number of imide groups is 1. The summed E-state index contributed by atoms with van der Waals surface area (Å²) in [6, 6.07) is 7.48. The number of benzene rings is 1. The lowest BCUT2D eigenvalue weighted by atomic mass is 10.0. The first kappa shape index (κ1) is 20.9. The Hall–Kier alpha value is -1.85. The molecule has 1 fully saturated rings. The summed E-state index contributed by atoms with van der Waals surface area (Å²) < 4.78 is 0. The molecule has 2 amide bonds. The molecular weight excluding hydrogens is 374 g/mol. The fraction of sp³-hybridized carbons (Fsp3) is 0.545. The molecule has 152 valence electrons. The van der Waals surface area contributed by atoms with Gasteiger partial charge in [-0.15, -0.1) is 0 Å². The normalized spacial score (nSPS) is 19.1. The van der Waals surface area contributed by atoms with Crippen molar-refractivity contribution in [3.63, 3.8) is 0 Å². The molecule has 0 bridgehead atoms. The molecule has 5 nitrogen and oxygen atoms in total. The molecular formula is C22H30ClN3O2. The predicted molar refractivity (Wildman–Crippen MR) is 113 cm³/mol. The average Bonchev–Trinajstić information content (AvgIpc) is 2.93. The SMILES string of the molecule is CCCCCN1C(=O)C(c2ccc(Cl)cc2)=C(N(C)C2CCN(C)CC2)C1=O. The number of nitrogens with zero attached hydrogens (tertiary/aromatic N) is 3. The van der Waals surface area contributed by atoms with Crippen LogP contribution in [0.3, 0.4) is 0 Å². The van der Waals surface area contributed by atoms with Crippen molar-refractivity contribution in [2.75, 3.05) is 33.7 Å². The summed E-state index contributed by atoms with van der Waals surface area (Å²) in [6.45, 7) is 4.60. The predicted octanol–water partition coefficient (Wildman–Crippen LogP) is 3.64. The first-order valence-electron chi connectivity index (χ1n) is 10.2. The Morgan fingerprint density at radius 3 is 2.32 bits per heavy atom. The Bertz CT molecular complexity index is 752. The van der Waals surface area contributed by atoms with Crippen LogP contribution in [0.25, 0.3) is 5.57 Å². The minimum absolute atomic E-state index is 0.160. The third kappa shape index (κ3) is 4.26. The number of carbonyl (C=O) groups excluding carboxylic acids is 2. The average molecular weight is 404 g/mol. The minimum Gasteiger partial charge on any atom is -0.366 e. The number of piperidine rings is 1. The summed E-state index contributed by atoms with van der Waals surface area (Å²) in [5, 5.41) is 0.617. The summed E-state index contributed by atoms with van der Waals surface area (Å²) in [6.07, 6.45) is 4.88. The van der Waals surface area contributed by atoms with Gasteiger partial charge in [-0.1, -0.05) is 43.5 Å². The molecule has 0 aliphatic carbocycles. The standard InChI is InChI=1S/C22H30ClN3O2/c1-4-5-6-13-26-21(27)19(16-7-9-17(23)10-8-16)20(22(26)28)25(3)18-11-14-24(2)15-12-18/h7-10,18H,4-6,11-15H2,1-3H3. The van der Waals surface area contributed by atoms with E-state index in [1.54, 1.807) is 12.1 Å². The van der Waals surface area contributed by atoms with E-state index in [0.29, 0.717) is 22.8 Å². The van der Waals surface area contributed by atoms with Crippen molar-refractivity contribution in [2.45, 2.75) is 45.1 Å². The highest BCUT2D eigenvalue weighted by atomic mass is 35.5. The van der Waals surface area contributed by atoms with E-state index in [9.17, 15) is 9.59 Å². The molecule has 0 aromatic heterocycles. The largest absolute Gasteiger partial charge is 0.366 e. The lowest BCUT2D eigenvalue weighted by molar-refractivity contribution is -0.137. The van der Waals surface area contributed by atoms with Crippen molar-refractivity contribution < 1.29 is 9.59 Å². The lowest BCUT2D eigenvalue weighted by Gasteiger charge is -2.36. The van der Waals surface area contributed by atoms with Gasteiger partial charge in [0.25, 0.3) is 11.8 Å². The van der Waals surface area contributed by atoms with Crippen molar-refractivity contribution in [1.82, 2.24) is 14.7 Å². The molecule has 2 aliphatic heterocycles. The maximum Gasteiger partial charge on any atom is 0.277 e. The van der Waals surface area contributed by atoms with E-state index >= 15 is 0 Å². The molecule has 0 atom stereocenters. The second-order valence-electron chi connectivity index (χ2n) is 7.84. The number of hydrogen-bond acceptors (Lipinski definition) is 4. The summed E-state index contributed by atoms with van der Waals surface area (Å²) in [7, 11) is 4.08. The Morgan fingerprint density at radius 2 is 1.71 bits per heavy atom. The van der Waals surface area contributed by atoms with Crippen molar-refractivity contribution in [3.8, 4) is 0 Å². The van der Waals surface area contributed by atoms with Crippen LogP contribution in [0.4, 0.5) is 0 Å². The number of unbranched alkanes of at least 4 members (excludes halogenated alkanes) is 2. The second kappa shape index (κ2) is 9.10. The fourth-order valence-electron chi connectivity index (χ4n) is 4.06. The molecule has 28 heavy (non-hydrogen) atoms. The van der Waals surface area contributed by atoms with E-state index in [4.69, 9.17) is 11.6 Å². The van der Waals surface area contributed by atoms with Crippen LogP contribution in [0.1, 0.15) is 44.6 Å². The molecule has 0 radical (unpaired) electrons. The first-order chi connectivity index (χ1) is 13.4. The van der Waals surface area contributed by atoms with Gasteiger partial charge in [-0.05, 0) is 57.1 Å². The first-order valence-corrected chi connectivity index (χ1v) is 10.6. The van der Waals surface area contributed by atoms with Gasteiger partial charge in [0.05, 0.1) is 5.57 Å². The molecule has 1 saturated heterocycles. The Morgan fingerprint density at radius 1 is 1.07 bits per heavy atom. The molecule has 3 rings (SSSR count). The van der Waals surface area contributed by atoms with Crippen LogP contribution in [-0.2, 0) is 9.59 Å². The highest BCUT2D eigenvalue weighted by Gasteiger charge is 2.42. The van der Waals surface area contributed by atoms with E-state index in [1.807, 2.05) is 19.2 Å². The lowest BCUT2D eigenvalue weighted by Crippen LogP contribution is -2.43. The maximum absolute atomic E-state index is 13.3. The zero-order valence-electron chi connectivity index (χ0n) is 17.1. The zero-order chi connectivity index (χ0) is 20.3. The third-order valence-corrected chi connectivity index (χ3v) is 6.10. The zero-order valence-corrected chi connectivity index (χ0v) is 17.8. The molecule has 1 aromatic rings. The van der Waals surface area contributed by atoms with Crippen molar-refractivity contribution in [2.24, 2.45) is 0 Å². The smallest absolute Gasteiger partial charge is 0.277 e. The summed E-state index contributed by atoms with van der Waals surface area (Å²) >= 11 is 6.04. The number of hydrogen-bond donors (Lipinski definition) is 0. The molecule has 0 unspecified atom stereocenters. The van der Waals surface area contributed by atoms with E-state index in [-0.39, 0.29) is 17.9 Å². The molecule has 2 aliphatic rings. The van der Waals surface area contributed by atoms with E-state index in [1.165, 1.54) is 4.90 Å². The van der Waals surface area contributed by atoms with E-state index in [2.05, 4.69) is 23.8 Å². The maximum atomic E-state index is 13.3. The monoisotopic (exact) mass is 403 g/mol. The number of likely N-dealkylation sites (N-methyl/N-ethyl adjacent to an activating group) is 1. The topological polar surface area (TPSA) is 43.9 Å². The Labute approximate surface area is 172 Å². The van der Waals surface area contributed by atoms with Gasteiger partial charge < -0.3 is 9.80 Å². The van der Waals surface area contributed by atoms with Crippen LogP contribution >= 0.6 is 11.6 Å². The number of carbonyl (C=O) groups is 2. The number of rotatable bonds is 7. The van der Waals surface area contributed by atoms with Crippen LogP contribution in [0.15, 0.2) is 30.0 Å². The van der Waals surface area contributed by atoms with Crippen LogP contribution in [0, 0.1) is 0 Å². The second-order valence-corrected chi connectivity index (χ2v) is 8.28. The molecule has 1 aromatic carbocycles. The van der Waals surface area contributed by atoms with E-state index < -0.39 is 0 Å². The number of amides is 2. The van der Waals surface area contributed by atoms with Crippen molar-refractivity contribution in [3.05, 3.63) is 40.5 Å². The molecule has 2 heterocycles. The van der Waals surface area contributed by atoms with Crippen molar-refractivity contribution >= 4 is 29.0 Å². The third-order valence-electron chi connectivity index (χ3n) is 5.85. The quantitative estimate of drug-likeness (QED) is 0.515. The number of halogens is 1. The van der Waals surface area contributed by atoms with Gasteiger partial charge in [-0.2, -0.15) is 0 Å². The highest BCUT2D eigenvalue weighted by Crippen LogP contribution is 2.34. The summed E-state index contributed by atoms with van der Waals surface area (Å²) in [5.41, 5.74) is 1.81. The molecule has 0 N–H and O–H groups in total. The van der Waals surface area contributed by atoms with Crippen LogP contribution in [0.5, 0.6) is 0 Å². The molecule has 0 saturated carbocycles. The van der Waals surface area contributed by atoms with Gasteiger partial charge in [0.1, 0.15) is 5.70 Å². The summed E-state index contributed by atoms with van der Waals surface area (Å²) in [4.78, 5) is 32.3. The van der Waals surface area contributed by atoms with Crippen LogP contribution in [-0.4, -0.2) is 66.3 Å². The van der Waals surface area contributed by atoms with Gasteiger partial charge in [0.2, 0.25) is 0 Å². The Balaban J connectivity index is 1.94. The van der Waals surface area contributed by atoms with Crippen molar-refractivity contribution in [1.29, 1.82) is 0 Å². The van der Waals surface area contributed by atoms with Gasteiger partial charge >= 0.3 is 0 Å². The Kier molecular flexibility index (Phi) is 6.78. The minimum atomic E-state index is -0.182. The van der Waals surface area contributed by atoms with Gasteiger partial charge in [0.15, 0.2) is 0 Å². The van der Waals surface area contributed by atoms with Gasteiger partial charge in [-0.3, -0.25) is 14.5 Å². The molecule has 0 spiro atoms.